The number of carboxylic acid groups (broad SMARTS) is 2. The average molecular weight is 974 g/mol. The summed E-state index contributed by atoms with van der Waals surface area (Å²) < 4.78 is 5.81. The number of phenols is 1. The van der Waals surface area contributed by atoms with Crippen molar-refractivity contribution < 1.29 is 63.2 Å². The zero-order valence-corrected chi connectivity index (χ0v) is 40.6. The van der Waals surface area contributed by atoms with E-state index in [-0.39, 0.29) is 36.5 Å². The average Bonchev–Trinajstić information content (AvgIpc) is 3.29. The van der Waals surface area contributed by atoms with Crippen LogP contribution in [0.3, 0.4) is 0 Å². The number of carboxylic acids is 2. The van der Waals surface area contributed by atoms with Gasteiger partial charge in [0.25, 0.3) is 5.91 Å². The minimum atomic E-state index is -1.86. The predicted octanol–water partition coefficient (Wildman–Crippen LogP) is 1.92. The lowest BCUT2D eigenvalue weighted by Crippen LogP contribution is -2.57. The monoisotopic (exact) mass is 973 g/mol. The van der Waals surface area contributed by atoms with Crippen LogP contribution in [0.2, 0.25) is 0 Å². The number of amides is 7. The number of carbonyl (C=O) groups is 9. The van der Waals surface area contributed by atoms with Crippen molar-refractivity contribution in [2.75, 3.05) is 7.11 Å². The lowest BCUT2D eigenvalue weighted by Gasteiger charge is -2.27. The highest BCUT2D eigenvalue weighted by atomic mass is 16.5. The molecule has 0 unspecified atom stereocenters. The molecule has 1 saturated heterocycles. The van der Waals surface area contributed by atoms with Crippen molar-refractivity contribution in [1.82, 2.24) is 37.2 Å². The first-order valence-corrected chi connectivity index (χ1v) is 22.9. The molecular formula is C50H67N7O13. The zero-order chi connectivity index (χ0) is 52.2. The van der Waals surface area contributed by atoms with Gasteiger partial charge < -0.3 is 57.3 Å². The van der Waals surface area contributed by atoms with E-state index in [0.29, 0.717) is 17.6 Å². The Balaban J connectivity index is 2.10. The molecule has 0 aliphatic carbocycles. The van der Waals surface area contributed by atoms with Crippen molar-refractivity contribution in [2.24, 2.45) is 17.8 Å². The van der Waals surface area contributed by atoms with E-state index in [1.807, 2.05) is 43.3 Å². The van der Waals surface area contributed by atoms with Crippen LogP contribution < -0.4 is 37.2 Å². The standard InChI is InChI=1S/C50H67N7O13/c1-27(2)22-38-47(64)57-40(50(68)69)26-43(60)53-39(24-34-15-17-35(58)18-16-34)48(65)54-36(19-14-28(3)23-29(4)41(70-8)25-33-12-10-9-11-13-33)30(5)44(61)55-37(49(66)67)20-21-42(59)51-31(6)45(62)52-32(7)46(63)56-38/h9-19,23,27,29-30,32,36-41,58H,6,20-22,24-26H2,1-5,7-8H3,(H,51,59)(H,52,62)(H,53,60)(H,54,65)(H,55,61)(H,56,63)(H,57,64)(H,66,67)(H,68,69)/b19-14+,28-23+/t29-,30-,32+,36-,37+,38-,39-,40+,41-/m0/s1. The lowest BCUT2D eigenvalue weighted by atomic mass is 9.94. The molecule has 70 heavy (non-hydrogen) atoms. The number of hydrogen-bond acceptors (Lipinski definition) is 11. The molecule has 20 nitrogen and oxygen atoms in total. The molecular weight excluding hydrogens is 907 g/mol. The van der Waals surface area contributed by atoms with Gasteiger partial charge in [-0.05, 0) is 62.3 Å². The first kappa shape index (κ1) is 57.0. The van der Waals surface area contributed by atoms with Gasteiger partial charge in [0.15, 0.2) is 0 Å². The molecule has 9 atom stereocenters. The Bertz CT molecular complexity index is 2260. The van der Waals surface area contributed by atoms with Crippen LogP contribution in [-0.2, 0) is 60.7 Å². The fourth-order valence-electron chi connectivity index (χ4n) is 7.39. The number of hydrogen-bond donors (Lipinski definition) is 10. The largest absolute Gasteiger partial charge is 0.508 e. The first-order valence-electron chi connectivity index (χ1n) is 22.9. The number of nitrogens with one attached hydrogen (secondary N) is 7. The molecule has 380 valence electrons. The first-order chi connectivity index (χ1) is 33.0. The van der Waals surface area contributed by atoms with Gasteiger partial charge in [-0.15, -0.1) is 0 Å². The molecule has 1 fully saturated rings. The number of methoxy groups -OCH3 is 1. The molecule has 20 heteroatoms. The van der Waals surface area contributed by atoms with Crippen molar-refractivity contribution in [3.05, 3.63) is 102 Å². The molecule has 1 aliphatic rings. The van der Waals surface area contributed by atoms with E-state index in [1.54, 1.807) is 34.0 Å². The Morgan fingerprint density at radius 2 is 1.37 bits per heavy atom. The van der Waals surface area contributed by atoms with Crippen molar-refractivity contribution >= 4 is 53.3 Å². The minimum absolute atomic E-state index is 0.00736. The van der Waals surface area contributed by atoms with E-state index in [2.05, 4.69) is 43.8 Å². The van der Waals surface area contributed by atoms with E-state index in [0.717, 1.165) is 5.56 Å². The van der Waals surface area contributed by atoms with Crippen LogP contribution in [0.4, 0.5) is 0 Å². The number of ether oxygens (including phenoxy) is 1. The summed E-state index contributed by atoms with van der Waals surface area (Å²) in [6.07, 6.45) is 3.48. The van der Waals surface area contributed by atoms with Gasteiger partial charge in [-0.25, -0.2) is 9.59 Å². The maximum atomic E-state index is 14.4. The van der Waals surface area contributed by atoms with Crippen molar-refractivity contribution in [3.63, 3.8) is 0 Å². The van der Waals surface area contributed by atoms with E-state index >= 15 is 0 Å². The van der Waals surface area contributed by atoms with E-state index in [1.165, 1.54) is 44.2 Å². The maximum Gasteiger partial charge on any atom is 0.326 e. The highest BCUT2D eigenvalue weighted by molar-refractivity contribution is 6.00. The summed E-state index contributed by atoms with van der Waals surface area (Å²) in [4.78, 5) is 120. The van der Waals surface area contributed by atoms with Gasteiger partial charge in [-0.1, -0.05) is 101 Å². The lowest BCUT2D eigenvalue weighted by molar-refractivity contribution is -0.144. The summed E-state index contributed by atoms with van der Waals surface area (Å²) in [5, 5.41) is 47.3. The second-order valence-electron chi connectivity index (χ2n) is 17.9. The van der Waals surface area contributed by atoms with Crippen LogP contribution in [0.15, 0.2) is 90.7 Å². The molecule has 7 amide bonds. The zero-order valence-electron chi connectivity index (χ0n) is 40.6. The molecule has 0 bridgehead atoms. The highest BCUT2D eigenvalue weighted by Crippen LogP contribution is 2.19. The molecule has 0 saturated carbocycles. The topological polar surface area (TPSA) is 308 Å². The minimum Gasteiger partial charge on any atom is -0.508 e. The predicted molar refractivity (Wildman–Crippen MR) is 257 cm³/mol. The summed E-state index contributed by atoms with van der Waals surface area (Å²) in [6.45, 7) is 13.5. The number of carbonyl (C=O) groups excluding carboxylic acids is 7. The van der Waals surface area contributed by atoms with Crippen LogP contribution in [0.1, 0.15) is 78.4 Å². The van der Waals surface area contributed by atoms with Crippen LogP contribution in [-0.4, -0.2) is 118 Å². The molecule has 10 N–H and O–H groups in total. The Kier molecular flexibility index (Phi) is 22.5. The quantitative estimate of drug-likeness (QED) is 0.102. The number of benzene rings is 2. The van der Waals surface area contributed by atoms with Gasteiger partial charge in [0.2, 0.25) is 35.4 Å². The second kappa shape index (κ2) is 27.6. The van der Waals surface area contributed by atoms with Crippen molar-refractivity contribution in [2.45, 2.75) is 122 Å². The molecule has 2 aromatic carbocycles. The van der Waals surface area contributed by atoms with Crippen LogP contribution >= 0.6 is 0 Å². The van der Waals surface area contributed by atoms with Crippen LogP contribution in [0.25, 0.3) is 0 Å². The molecule has 1 aliphatic heterocycles. The van der Waals surface area contributed by atoms with Gasteiger partial charge in [-0.2, -0.15) is 0 Å². The third-order valence-electron chi connectivity index (χ3n) is 11.5. The fourth-order valence-corrected chi connectivity index (χ4v) is 7.39. The van der Waals surface area contributed by atoms with Gasteiger partial charge >= 0.3 is 11.9 Å². The molecule has 2 aromatic rings. The van der Waals surface area contributed by atoms with E-state index < -0.39 is 120 Å². The molecule has 1 heterocycles. The molecule has 0 aromatic heterocycles. The number of aromatic hydroxyl groups is 1. The number of phenolic OH excluding ortho intramolecular Hbond substituents is 1. The summed E-state index contributed by atoms with van der Waals surface area (Å²) in [5.74, 6) is -11.1. The molecule has 3 rings (SSSR count). The molecule has 0 spiro atoms. The summed E-state index contributed by atoms with van der Waals surface area (Å²) in [5.41, 5.74) is 1.72. The number of rotatable bonds is 13. The Morgan fingerprint density at radius 3 is 1.97 bits per heavy atom. The van der Waals surface area contributed by atoms with E-state index in [4.69, 9.17) is 4.74 Å². The van der Waals surface area contributed by atoms with E-state index in [9.17, 15) is 58.5 Å². The second-order valence-corrected chi connectivity index (χ2v) is 17.9. The van der Waals surface area contributed by atoms with Crippen LogP contribution in [0, 0.1) is 17.8 Å². The SMILES string of the molecule is C=C1NC(=O)CC[C@H](C(=O)O)NC(=O)[C@@H](C)[C@H](/C=C/C(C)=C/[C@H](C)[C@H](Cc2ccccc2)OC)NC(=O)[C@H](Cc2ccc(O)cc2)NC(=O)C[C@H](C(=O)O)NC(=O)[C@H](CC(C)C)NC(=O)[C@@H](C)NC1=O. The number of allylic oxidation sites excluding steroid dienone is 2. The Labute approximate surface area is 407 Å². The van der Waals surface area contributed by atoms with Crippen molar-refractivity contribution in [1.29, 1.82) is 0 Å². The van der Waals surface area contributed by atoms with Gasteiger partial charge in [-0.3, -0.25) is 33.6 Å². The van der Waals surface area contributed by atoms with Crippen molar-refractivity contribution in [3.8, 4) is 5.75 Å². The summed E-state index contributed by atoms with van der Waals surface area (Å²) in [7, 11) is 1.61. The number of aliphatic carboxylic acids is 2. The summed E-state index contributed by atoms with van der Waals surface area (Å²) >= 11 is 0. The third kappa shape index (κ3) is 19.0. The third-order valence-corrected chi connectivity index (χ3v) is 11.5. The fraction of sp³-hybridized carbons (Fsp3) is 0.460. The smallest absolute Gasteiger partial charge is 0.326 e. The maximum absolute atomic E-state index is 14.4. The van der Waals surface area contributed by atoms with Gasteiger partial charge in [0, 0.05) is 25.9 Å². The van der Waals surface area contributed by atoms with Gasteiger partial charge in [0.1, 0.15) is 36.0 Å². The Morgan fingerprint density at radius 1 is 0.757 bits per heavy atom. The molecule has 0 radical (unpaired) electrons. The van der Waals surface area contributed by atoms with Gasteiger partial charge in [0.05, 0.1) is 30.2 Å². The summed E-state index contributed by atoms with van der Waals surface area (Å²) in [6, 6.07) is 6.66. The Hall–Kier alpha value is -7.35. The van der Waals surface area contributed by atoms with Crippen LogP contribution in [0.5, 0.6) is 5.75 Å². The highest BCUT2D eigenvalue weighted by Gasteiger charge is 2.34. The normalized spacial score (nSPS) is 24.3.